The Bertz CT molecular complexity index is 1300. The van der Waals surface area contributed by atoms with Crippen molar-refractivity contribution in [3.63, 3.8) is 0 Å². The standard InChI is InChI=1S/C27H24F3N3O3/c1-35-20-8-9-21-24(17-20)36-23-10-7-19(27(28,29)30)16-22(23)31-26(21)33-13-11-32(12-14-33)25(34)15-18-5-3-2-4-6-18/h2-10,16-17H,11-15H2,1H3. The molecule has 0 unspecified atom stereocenters. The van der Waals surface area contributed by atoms with Crippen LogP contribution in [0.5, 0.6) is 17.2 Å². The van der Waals surface area contributed by atoms with E-state index < -0.39 is 11.7 Å². The molecule has 3 aromatic rings. The van der Waals surface area contributed by atoms with Crippen LogP contribution in [0.15, 0.2) is 71.7 Å². The van der Waals surface area contributed by atoms with Crippen molar-refractivity contribution in [3.05, 3.63) is 83.4 Å². The van der Waals surface area contributed by atoms with Crippen molar-refractivity contribution in [1.29, 1.82) is 0 Å². The van der Waals surface area contributed by atoms with E-state index in [9.17, 15) is 18.0 Å². The van der Waals surface area contributed by atoms with Crippen molar-refractivity contribution < 1.29 is 27.4 Å². The molecule has 0 bridgehead atoms. The van der Waals surface area contributed by atoms with Crippen molar-refractivity contribution in [1.82, 2.24) is 9.80 Å². The Balaban J connectivity index is 1.43. The van der Waals surface area contributed by atoms with Crippen LogP contribution < -0.4 is 9.47 Å². The second-order valence-corrected chi connectivity index (χ2v) is 8.61. The smallest absolute Gasteiger partial charge is 0.416 e. The zero-order valence-corrected chi connectivity index (χ0v) is 19.6. The van der Waals surface area contributed by atoms with Crippen LogP contribution in [0.25, 0.3) is 0 Å². The minimum atomic E-state index is -4.50. The number of benzene rings is 3. The molecule has 2 heterocycles. The molecule has 0 aromatic heterocycles. The molecule has 2 aliphatic rings. The SMILES string of the molecule is COc1ccc2c(c1)Oc1ccc(C(F)(F)F)cc1N=C2N1CCN(C(=O)Cc2ccccc2)CC1. The molecular formula is C27H24F3N3O3. The maximum atomic E-state index is 13.4. The number of halogens is 3. The largest absolute Gasteiger partial charge is 0.497 e. The monoisotopic (exact) mass is 495 g/mol. The third-order valence-corrected chi connectivity index (χ3v) is 6.29. The zero-order chi connectivity index (χ0) is 25.3. The number of hydrogen-bond acceptors (Lipinski definition) is 5. The zero-order valence-electron chi connectivity index (χ0n) is 19.6. The van der Waals surface area contributed by atoms with E-state index in [0.717, 1.165) is 17.7 Å². The van der Waals surface area contributed by atoms with Gasteiger partial charge < -0.3 is 19.3 Å². The molecule has 0 atom stereocenters. The maximum absolute atomic E-state index is 13.4. The van der Waals surface area contributed by atoms with E-state index in [4.69, 9.17) is 9.47 Å². The highest BCUT2D eigenvalue weighted by molar-refractivity contribution is 6.04. The number of methoxy groups -OCH3 is 1. The van der Waals surface area contributed by atoms with Gasteiger partial charge in [-0.3, -0.25) is 4.79 Å². The van der Waals surface area contributed by atoms with E-state index >= 15 is 0 Å². The van der Waals surface area contributed by atoms with Gasteiger partial charge in [0, 0.05) is 32.2 Å². The maximum Gasteiger partial charge on any atom is 0.416 e. The number of rotatable bonds is 3. The minimum Gasteiger partial charge on any atom is -0.497 e. The van der Waals surface area contributed by atoms with E-state index in [0.29, 0.717) is 55.5 Å². The number of carbonyl (C=O) groups excluding carboxylic acids is 1. The first-order valence-electron chi connectivity index (χ1n) is 11.5. The summed E-state index contributed by atoms with van der Waals surface area (Å²) in [4.78, 5) is 21.2. The van der Waals surface area contributed by atoms with Gasteiger partial charge in [-0.2, -0.15) is 13.2 Å². The van der Waals surface area contributed by atoms with Crippen molar-refractivity contribution >= 4 is 17.4 Å². The Morgan fingerprint density at radius 2 is 1.72 bits per heavy atom. The first kappa shape index (κ1) is 23.7. The van der Waals surface area contributed by atoms with Gasteiger partial charge in [0.25, 0.3) is 0 Å². The number of piperazine rings is 1. The fraction of sp³-hybridized carbons (Fsp3) is 0.259. The van der Waals surface area contributed by atoms with Crippen LogP contribution in [0.4, 0.5) is 18.9 Å². The van der Waals surface area contributed by atoms with Gasteiger partial charge >= 0.3 is 6.18 Å². The molecule has 3 aromatic carbocycles. The number of ether oxygens (including phenoxy) is 2. The average molecular weight is 496 g/mol. The molecule has 36 heavy (non-hydrogen) atoms. The van der Waals surface area contributed by atoms with Gasteiger partial charge in [0.1, 0.15) is 23.0 Å². The molecule has 1 fully saturated rings. The third kappa shape index (κ3) is 4.86. The van der Waals surface area contributed by atoms with Gasteiger partial charge in [-0.15, -0.1) is 0 Å². The number of aliphatic imine (C=N–C) groups is 1. The lowest BCUT2D eigenvalue weighted by atomic mass is 10.1. The molecule has 1 saturated heterocycles. The summed E-state index contributed by atoms with van der Waals surface area (Å²) in [6.45, 7) is 1.93. The lowest BCUT2D eigenvalue weighted by molar-refractivity contribution is -0.137. The highest BCUT2D eigenvalue weighted by Crippen LogP contribution is 2.42. The second-order valence-electron chi connectivity index (χ2n) is 8.61. The van der Waals surface area contributed by atoms with E-state index in [2.05, 4.69) is 4.99 Å². The topological polar surface area (TPSA) is 54.4 Å². The second kappa shape index (κ2) is 9.56. The Labute approximate surface area is 206 Å². The molecule has 0 aliphatic carbocycles. The van der Waals surface area contributed by atoms with Crippen LogP contribution in [-0.2, 0) is 17.4 Å². The molecule has 0 saturated carbocycles. The Morgan fingerprint density at radius 1 is 0.972 bits per heavy atom. The van der Waals surface area contributed by atoms with E-state index in [-0.39, 0.29) is 17.3 Å². The van der Waals surface area contributed by atoms with E-state index in [1.807, 2.05) is 40.1 Å². The highest BCUT2D eigenvalue weighted by atomic mass is 19.4. The first-order chi connectivity index (χ1) is 17.3. The summed E-state index contributed by atoms with van der Waals surface area (Å²) >= 11 is 0. The molecule has 6 nitrogen and oxygen atoms in total. The predicted molar refractivity (Wildman–Crippen MR) is 129 cm³/mol. The van der Waals surface area contributed by atoms with Crippen molar-refractivity contribution in [3.8, 4) is 17.2 Å². The normalized spacial score (nSPS) is 15.3. The van der Waals surface area contributed by atoms with Crippen LogP contribution in [-0.4, -0.2) is 54.8 Å². The number of alkyl halides is 3. The van der Waals surface area contributed by atoms with Crippen LogP contribution in [0.3, 0.4) is 0 Å². The minimum absolute atomic E-state index is 0.0392. The molecule has 0 N–H and O–H groups in total. The van der Waals surface area contributed by atoms with Crippen LogP contribution >= 0.6 is 0 Å². The fourth-order valence-electron chi connectivity index (χ4n) is 4.35. The fourth-order valence-corrected chi connectivity index (χ4v) is 4.35. The summed E-state index contributed by atoms with van der Waals surface area (Å²) in [5, 5.41) is 0. The van der Waals surface area contributed by atoms with E-state index in [1.54, 1.807) is 18.2 Å². The molecule has 5 rings (SSSR count). The van der Waals surface area contributed by atoms with Crippen LogP contribution in [0.2, 0.25) is 0 Å². The number of fused-ring (bicyclic) bond motifs is 2. The molecule has 2 aliphatic heterocycles. The number of amides is 1. The molecule has 0 radical (unpaired) electrons. The molecule has 9 heteroatoms. The number of amidine groups is 1. The summed E-state index contributed by atoms with van der Waals surface area (Å²) in [5.74, 6) is 1.76. The molecule has 1 amide bonds. The summed E-state index contributed by atoms with van der Waals surface area (Å²) in [7, 11) is 1.53. The van der Waals surface area contributed by atoms with Crippen molar-refractivity contribution in [2.24, 2.45) is 4.99 Å². The average Bonchev–Trinajstić information content (AvgIpc) is 3.04. The summed E-state index contributed by atoms with van der Waals surface area (Å²) in [6, 6.07) is 18.1. The Morgan fingerprint density at radius 3 is 2.42 bits per heavy atom. The predicted octanol–water partition coefficient (Wildman–Crippen LogP) is 5.28. The molecule has 0 spiro atoms. The summed E-state index contributed by atoms with van der Waals surface area (Å²) in [6.07, 6.45) is -4.18. The van der Waals surface area contributed by atoms with Crippen LogP contribution in [0.1, 0.15) is 16.7 Å². The third-order valence-electron chi connectivity index (χ3n) is 6.29. The lowest BCUT2D eigenvalue weighted by Gasteiger charge is -2.36. The van der Waals surface area contributed by atoms with Gasteiger partial charge in [-0.05, 0) is 35.9 Å². The quantitative estimate of drug-likeness (QED) is 0.496. The number of nitrogens with zero attached hydrogens (tertiary/aromatic N) is 3. The molecular weight excluding hydrogens is 471 g/mol. The van der Waals surface area contributed by atoms with Gasteiger partial charge in [0.05, 0.1) is 24.7 Å². The lowest BCUT2D eigenvalue weighted by Crippen LogP contribution is -2.51. The van der Waals surface area contributed by atoms with Gasteiger partial charge in [0.2, 0.25) is 5.91 Å². The van der Waals surface area contributed by atoms with Gasteiger partial charge in [-0.25, -0.2) is 4.99 Å². The molecule has 186 valence electrons. The Kier molecular flexibility index (Phi) is 6.30. The van der Waals surface area contributed by atoms with Crippen molar-refractivity contribution in [2.75, 3.05) is 33.3 Å². The van der Waals surface area contributed by atoms with Crippen molar-refractivity contribution in [2.45, 2.75) is 12.6 Å². The summed E-state index contributed by atoms with van der Waals surface area (Å²) < 4.78 is 51.5. The van der Waals surface area contributed by atoms with E-state index in [1.165, 1.54) is 13.2 Å². The van der Waals surface area contributed by atoms with Gasteiger partial charge in [0.15, 0.2) is 5.75 Å². The van der Waals surface area contributed by atoms with Gasteiger partial charge in [-0.1, -0.05) is 30.3 Å². The Hall–Kier alpha value is -4.01. The first-order valence-corrected chi connectivity index (χ1v) is 11.5. The summed E-state index contributed by atoms with van der Waals surface area (Å²) in [5.41, 5.74) is 0.894. The van der Waals surface area contributed by atoms with Crippen LogP contribution in [0, 0.1) is 0 Å². The highest BCUT2D eigenvalue weighted by Gasteiger charge is 2.33. The number of hydrogen-bond donors (Lipinski definition) is 0. The number of carbonyl (C=O) groups is 1.